The summed E-state index contributed by atoms with van der Waals surface area (Å²) in [5.74, 6) is 0.733. The maximum atomic E-state index is 14.0. The Kier molecular flexibility index (Phi) is 9.88. The molecule has 220 valence electrons. The van der Waals surface area contributed by atoms with Crippen LogP contribution in [0.2, 0.25) is 10.0 Å². The number of likely N-dealkylation sites (N-methyl/N-ethyl adjacent to an activating group) is 1. The number of carbonyl (C=O) groups excluding carboxylic acids is 2. The topological polar surface area (TPSA) is 61.9 Å². The first kappa shape index (κ1) is 30.1. The summed E-state index contributed by atoms with van der Waals surface area (Å²) >= 11 is 12.1. The molecular weight excluding hydrogens is 569 g/mol. The second-order valence-electron chi connectivity index (χ2n) is 11.2. The van der Waals surface area contributed by atoms with Gasteiger partial charge in [-0.2, -0.15) is 0 Å². The van der Waals surface area contributed by atoms with E-state index in [1.165, 1.54) is 11.1 Å². The fourth-order valence-corrected chi connectivity index (χ4v) is 6.33. The Labute approximate surface area is 258 Å². The number of nitrogens with one attached hydrogen (secondary N) is 1. The van der Waals surface area contributed by atoms with Crippen LogP contribution in [0.3, 0.4) is 0 Å². The molecule has 0 spiro atoms. The number of rotatable bonds is 10. The molecule has 1 N–H and O–H groups in total. The van der Waals surface area contributed by atoms with Crippen molar-refractivity contribution < 1.29 is 14.3 Å². The van der Waals surface area contributed by atoms with Gasteiger partial charge in [-0.25, -0.2) is 0 Å². The number of nitrogens with zero attached hydrogens (tertiary/aromatic N) is 2. The van der Waals surface area contributed by atoms with E-state index in [1.807, 2.05) is 35.0 Å². The van der Waals surface area contributed by atoms with Crippen molar-refractivity contribution in [1.29, 1.82) is 0 Å². The zero-order valence-corrected chi connectivity index (χ0v) is 25.6. The monoisotopic (exact) mass is 605 g/mol. The van der Waals surface area contributed by atoms with E-state index in [1.54, 1.807) is 25.1 Å². The Morgan fingerprint density at radius 2 is 1.64 bits per heavy atom. The average molecular weight is 607 g/mol. The molecule has 2 heterocycles. The van der Waals surface area contributed by atoms with Crippen LogP contribution in [0.15, 0.2) is 78.4 Å². The average Bonchev–Trinajstić information content (AvgIpc) is 2.97. The quantitative estimate of drug-likeness (QED) is 0.286. The first-order valence-electron chi connectivity index (χ1n) is 14.5. The smallest absolute Gasteiger partial charge is 0.251 e. The number of hydrogen-bond acceptors (Lipinski definition) is 4. The van der Waals surface area contributed by atoms with Crippen molar-refractivity contribution in [2.24, 2.45) is 0 Å². The Hall–Kier alpha value is -3.32. The van der Waals surface area contributed by atoms with Gasteiger partial charge in [-0.15, -0.1) is 0 Å². The van der Waals surface area contributed by atoms with Gasteiger partial charge in [-0.3, -0.25) is 9.59 Å². The Morgan fingerprint density at radius 3 is 2.33 bits per heavy atom. The van der Waals surface area contributed by atoms with Gasteiger partial charge in [0.2, 0.25) is 5.91 Å². The lowest BCUT2D eigenvalue weighted by Gasteiger charge is -2.44. The van der Waals surface area contributed by atoms with E-state index in [4.69, 9.17) is 27.9 Å². The molecule has 3 aromatic rings. The van der Waals surface area contributed by atoms with Crippen LogP contribution in [-0.2, 0) is 22.4 Å². The zero-order chi connectivity index (χ0) is 29.6. The standard InChI is InChI=1S/C34H37Cl2N3O3/c1-23(40)39-21-29-20-31(33(32(22-39)37-29)34(41)38(2)15-14-24-7-4-3-5-8-24)26-12-10-25(11-13-26)9-6-16-42-30-18-27(35)17-28(36)19-30/h3-5,7-8,10-13,17-19,29,32,37H,6,9,14-16,20-22H2,1-2H3. The normalized spacial score (nSPS) is 18.1. The molecule has 5 rings (SSSR count). The van der Waals surface area contributed by atoms with Crippen LogP contribution in [-0.4, -0.2) is 67.0 Å². The van der Waals surface area contributed by atoms with Crippen LogP contribution in [0.1, 0.15) is 36.5 Å². The molecule has 0 aromatic heterocycles. The van der Waals surface area contributed by atoms with E-state index >= 15 is 0 Å². The number of ether oxygens (including phenoxy) is 1. The number of halogens is 2. The van der Waals surface area contributed by atoms with E-state index in [0.717, 1.165) is 36.0 Å². The minimum Gasteiger partial charge on any atom is -0.493 e. The van der Waals surface area contributed by atoms with Gasteiger partial charge in [-0.1, -0.05) is 77.8 Å². The molecule has 0 radical (unpaired) electrons. The molecule has 2 aliphatic heterocycles. The van der Waals surface area contributed by atoms with Gasteiger partial charge >= 0.3 is 0 Å². The van der Waals surface area contributed by atoms with Crippen molar-refractivity contribution in [3.05, 3.63) is 105 Å². The van der Waals surface area contributed by atoms with Crippen molar-refractivity contribution in [2.75, 3.05) is 33.3 Å². The molecule has 1 saturated heterocycles. The summed E-state index contributed by atoms with van der Waals surface area (Å²) in [5.41, 5.74) is 5.32. The molecule has 2 bridgehead atoms. The lowest BCUT2D eigenvalue weighted by molar-refractivity contribution is -0.132. The van der Waals surface area contributed by atoms with Crippen molar-refractivity contribution in [3.8, 4) is 5.75 Å². The summed E-state index contributed by atoms with van der Waals surface area (Å²) in [6.07, 6.45) is 3.19. The minimum absolute atomic E-state index is 0.0182. The van der Waals surface area contributed by atoms with Gasteiger partial charge in [0.15, 0.2) is 0 Å². The van der Waals surface area contributed by atoms with Gasteiger partial charge in [0, 0.05) is 55.3 Å². The molecule has 0 saturated carbocycles. The van der Waals surface area contributed by atoms with E-state index in [0.29, 0.717) is 48.5 Å². The third-order valence-electron chi connectivity index (χ3n) is 8.02. The van der Waals surface area contributed by atoms with Crippen molar-refractivity contribution in [1.82, 2.24) is 15.1 Å². The van der Waals surface area contributed by atoms with Crippen LogP contribution in [0.25, 0.3) is 5.57 Å². The molecule has 8 heteroatoms. The number of fused-ring (bicyclic) bond motifs is 2. The SMILES string of the molecule is CC(=O)N1CC2CC(c3ccc(CCCOc4cc(Cl)cc(Cl)c4)cc3)=C(C(=O)N(C)CCc3ccccc3)C(C1)N2. The lowest BCUT2D eigenvalue weighted by Crippen LogP contribution is -2.61. The largest absolute Gasteiger partial charge is 0.493 e. The molecule has 1 fully saturated rings. The van der Waals surface area contributed by atoms with E-state index < -0.39 is 0 Å². The van der Waals surface area contributed by atoms with Crippen LogP contribution in [0.4, 0.5) is 0 Å². The van der Waals surface area contributed by atoms with E-state index in [-0.39, 0.29) is 23.9 Å². The summed E-state index contributed by atoms with van der Waals surface area (Å²) in [5, 5.41) is 4.74. The number of amides is 2. The van der Waals surface area contributed by atoms with Gasteiger partial charge in [0.1, 0.15) is 5.75 Å². The summed E-state index contributed by atoms with van der Waals surface area (Å²) < 4.78 is 5.83. The second-order valence-corrected chi connectivity index (χ2v) is 12.0. The third-order valence-corrected chi connectivity index (χ3v) is 8.46. The first-order chi connectivity index (χ1) is 20.3. The number of piperazine rings is 1. The van der Waals surface area contributed by atoms with E-state index in [2.05, 4.69) is 41.7 Å². The predicted octanol–water partition coefficient (Wildman–Crippen LogP) is 6.05. The summed E-state index contributed by atoms with van der Waals surface area (Å²) in [7, 11) is 1.87. The van der Waals surface area contributed by atoms with Gasteiger partial charge in [0.05, 0.1) is 12.6 Å². The molecule has 6 nitrogen and oxygen atoms in total. The fraction of sp³-hybridized carbons (Fsp3) is 0.353. The van der Waals surface area contributed by atoms with Gasteiger partial charge < -0.3 is 19.9 Å². The fourth-order valence-electron chi connectivity index (χ4n) is 5.82. The Bertz CT molecular complexity index is 1420. The van der Waals surface area contributed by atoms with Crippen LogP contribution >= 0.6 is 23.2 Å². The van der Waals surface area contributed by atoms with Gasteiger partial charge in [-0.05, 0) is 66.1 Å². The van der Waals surface area contributed by atoms with Crippen LogP contribution in [0.5, 0.6) is 5.75 Å². The maximum Gasteiger partial charge on any atom is 0.251 e. The maximum absolute atomic E-state index is 14.0. The van der Waals surface area contributed by atoms with E-state index in [9.17, 15) is 9.59 Å². The highest BCUT2D eigenvalue weighted by Gasteiger charge is 2.39. The van der Waals surface area contributed by atoms with Crippen molar-refractivity contribution >= 4 is 40.6 Å². The molecule has 2 atom stereocenters. The molecule has 2 amide bonds. The molecule has 2 unspecified atom stereocenters. The number of hydrogen-bond donors (Lipinski definition) is 1. The Balaban J connectivity index is 1.30. The number of benzene rings is 3. The Morgan fingerprint density at radius 1 is 0.952 bits per heavy atom. The summed E-state index contributed by atoms with van der Waals surface area (Å²) in [4.78, 5) is 29.9. The minimum atomic E-state index is -0.195. The highest BCUT2D eigenvalue weighted by atomic mass is 35.5. The number of carbonyl (C=O) groups is 2. The predicted molar refractivity (Wildman–Crippen MR) is 169 cm³/mol. The second kappa shape index (κ2) is 13.8. The van der Waals surface area contributed by atoms with Crippen molar-refractivity contribution in [2.45, 2.75) is 44.7 Å². The van der Waals surface area contributed by atoms with Crippen LogP contribution < -0.4 is 10.1 Å². The van der Waals surface area contributed by atoms with Crippen LogP contribution in [0, 0.1) is 0 Å². The molecule has 0 aliphatic carbocycles. The zero-order valence-electron chi connectivity index (χ0n) is 24.1. The first-order valence-corrected chi connectivity index (χ1v) is 15.2. The summed E-state index contributed by atoms with van der Waals surface area (Å²) in [6.45, 7) is 3.93. The molecule has 2 aliphatic rings. The highest BCUT2D eigenvalue weighted by molar-refractivity contribution is 6.34. The summed E-state index contributed by atoms with van der Waals surface area (Å²) in [6, 6.07) is 23.9. The molecule has 42 heavy (non-hydrogen) atoms. The van der Waals surface area contributed by atoms with Gasteiger partial charge in [0.25, 0.3) is 5.91 Å². The lowest BCUT2D eigenvalue weighted by atomic mass is 9.82. The highest BCUT2D eigenvalue weighted by Crippen LogP contribution is 2.34. The molecular formula is C34H37Cl2N3O3. The molecule has 3 aromatic carbocycles. The third kappa shape index (κ3) is 7.54. The number of aryl methyl sites for hydroxylation is 1. The van der Waals surface area contributed by atoms with Crippen molar-refractivity contribution in [3.63, 3.8) is 0 Å².